The zero-order chi connectivity index (χ0) is 12.8. The average Bonchev–Trinajstić information content (AvgIpc) is 2.35. The maximum absolute atomic E-state index is 5.26. The monoisotopic (exact) mass is 235 g/mol. The van der Waals surface area contributed by atoms with Gasteiger partial charge in [0, 0.05) is 12.1 Å². The molecule has 1 aromatic carbocycles. The fourth-order valence-electron chi connectivity index (χ4n) is 2.11. The molecular formula is C15H25NO. The fourth-order valence-corrected chi connectivity index (χ4v) is 2.11. The fraction of sp³-hybridized carbons (Fsp3) is 0.600. The van der Waals surface area contributed by atoms with Crippen LogP contribution in [0.4, 0.5) is 0 Å². The summed E-state index contributed by atoms with van der Waals surface area (Å²) in [7, 11) is 1.71. The lowest BCUT2D eigenvalue weighted by Gasteiger charge is -2.25. The topological polar surface area (TPSA) is 21.3 Å². The molecular weight excluding hydrogens is 210 g/mol. The number of hydrogen-bond acceptors (Lipinski definition) is 2. The lowest BCUT2D eigenvalue weighted by molar-refractivity contribution is 0.354. The molecule has 0 aromatic heterocycles. The van der Waals surface area contributed by atoms with Crippen LogP contribution in [0.1, 0.15) is 45.7 Å². The van der Waals surface area contributed by atoms with Crippen LogP contribution in [-0.4, -0.2) is 13.2 Å². The summed E-state index contributed by atoms with van der Waals surface area (Å²) >= 11 is 0. The van der Waals surface area contributed by atoms with Crippen molar-refractivity contribution in [1.82, 2.24) is 5.32 Å². The number of hydrogen-bond donors (Lipinski definition) is 1. The van der Waals surface area contributed by atoms with Crippen molar-refractivity contribution < 1.29 is 4.74 Å². The molecule has 0 saturated heterocycles. The van der Waals surface area contributed by atoms with Gasteiger partial charge in [-0.05, 0) is 37.0 Å². The van der Waals surface area contributed by atoms with Gasteiger partial charge in [0.05, 0.1) is 7.11 Å². The van der Waals surface area contributed by atoms with Crippen molar-refractivity contribution in [3.05, 3.63) is 29.8 Å². The second kappa shape index (κ2) is 6.65. The van der Waals surface area contributed by atoms with Crippen molar-refractivity contribution in [2.45, 2.75) is 46.2 Å². The Labute approximate surface area is 105 Å². The molecule has 1 aromatic rings. The minimum Gasteiger partial charge on any atom is -0.497 e. The third kappa shape index (κ3) is 4.04. The Morgan fingerprint density at radius 1 is 1.24 bits per heavy atom. The van der Waals surface area contributed by atoms with Crippen LogP contribution in [0.5, 0.6) is 5.75 Å². The van der Waals surface area contributed by atoms with E-state index in [1.807, 2.05) is 12.1 Å². The number of nitrogens with one attached hydrogen (secondary N) is 1. The Morgan fingerprint density at radius 3 is 2.47 bits per heavy atom. The van der Waals surface area contributed by atoms with E-state index in [1.54, 1.807) is 7.11 Å². The van der Waals surface area contributed by atoms with Gasteiger partial charge in [0.2, 0.25) is 0 Å². The van der Waals surface area contributed by atoms with Gasteiger partial charge in [-0.3, -0.25) is 0 Å². The minimum absolute atomic E-state index is 0.359. The molecule has 0 heterocycles. The summed E-state index contributed by atoms with van der Waals surface area (Å²) in [6, 6.07) is 9.20. The Hall–Kier alpha value is -1.02. The average molecular weight is 235 g/mol. The first-order valence-electron chi connectivity index (χ1n) is 6.48. The zero-order valence-corrected chi connectivity index (χ0v) is 11.7. The summed E-state index contributed by atoms with van der Waals surface area (Å²) in [6.07, 6.45) is 1.16. The SMILES string of the molecule is CCC(N[C@H](C)c1cccc(OC)c1)C(C)C. The molecule has 0 radical (unpaired) electrons. The first-order chi connectivity index (χ1) is 8.08. The summed E-state index contributed by atoms with van der Waals surface area (Å²) in [5.41, 5.74) is 1.28. The van der Waals surface area contributed by atoms with Crippen molar-refractivity contribution in [3.8, 4) is 5.75 Å². The molecule has 0 bridgehead atoms. The highest BCUT2D eigenvalue weighted by Crippen LogP contribution is 2.20. The Bertz CT molecular complexity index is 335. The van der Waals surface area contributed by atoms with Gasteiger partial charge in [0.25, 0.3) is 0 Å². The van der Waals surface area contributed by atoms with Gasteiger partial charge in [-0.25, -0.2) is 0 Å². The molecule has 0 amide bonds. The van der Waals surface area contributed by atoms with Crippen LogP contribution in [0.3, 0.4) is 0 Å². The maximum Gasteiger partial charge on any atom is 0.119 e. The third-order valence-electron chi connectivity index (χ3n) is 3.30. The molecule has 0 aliphatic carbocycles. The smallest absolute Gasteiger partial charge is 0.119 e. The van der Waals surface area contributed by atoms with Gasteiger partial charge in [0.15, 0.2) is 0 Å². The van der Waals surface area contributed by atoms with Crippen LogP contribution in [0.15, 0.2) is 24.3 Å². The standard InChI is InChI=1S/C15H25NO/c1-6-15(11(2)3)16-12(4)13-8-7-9-14(10-13)17-5/h7-12,15-16H,6H2,1-5H3/t12-,15?/m1/s1. The Kier molecular flexibility index (Phi) is 5.49. The van der Waals surface area contributed by atoms with Gasteiger partial charge in [-0.15, -0.1) is 0 Å². The summed E-state index contributed by atoms with van der Waals surface area (Å²) in [6.45, 7) is 8.97. The van der Waals surface area contributed by atoms with Crippen LogP contribution >= 0.6 is 0 Å². The molecule has 17 heavy (non-hydrogen) atoms. The van der Waals surface area contributed by atoms with Gasteiger partial charge in [0.1, 0.15) is 5.75 Å². The van der Waals surface area contributed by atoms with E-state index in [2.05, 4.69) is 45.1 Å². The second-order valence-corrected chi connectivity index (χ2v) is 4.92. The van der Waals surface area contributed by atoms with Crippen LogP contribution in [0.2, 0.25) is 0 Å². The minimum atomic E-state index is 0.359. The van der Waals surface area contributed by atoms with Crippen LogP contribution in [-0.2, 0) is 0 Å². The molecule has 1 unspecified atom stereocenters. The predicted molar refractivity (Wildman–Crippen MR) is 73.5 cm³/mol. The quantitative estimate of drug-likeness (QED) is 0.810. The zero-order valence-electron chi connectivity index (χ0n) is 11.7. The molecule has 2 nitrogen and oxygen atoms in total. The summed E-state index contributed by atoms with van der Waals surface area (Å²) in [5.74, 6) is 1.59. The van der Waals surface area contributed by atoms with E-state index in [0.717, 1.165) is 12.2 Å². The van der Waals surface area contributed by atoms with Gasteiger partial charge >= 0.3 is 0 Å². The lowest BCUT2D eigenvalue weighted by atomic mass is 9.99. The van der Waals surface area contributed by atoms with Crippen molar-refractivity contribution in [3.63, 3.8) is 0 Å². The first kappa shape index (κ1) is 14.0. The van der Waals surface area contributed by atoms with E-state index in [9.17, 15) is 0 Å². The molecule has 0 saturated carbocycles. The van der Waals surface area contributed by atoms with Gasteiger partial charge in [-0.1, -0.05) is 32.9 Å². The highest BCUT2D eigenvalue weighted by molar-refractivity contribution is 5.30. The molecule has 0 aliphatic rings. The molecule has 0 aliphatic heterocycles. The highest BCUT2D eigenvalue weighted by Gasteiger charge is 2.15. The molecule has 2 atom stereocenters. The highest BCUT2D eigenvalue weighted by atomic mass is 16.5. The number of benzene rings is 1. The maximum atomic E-state index is 5.26. The Morgan fingerprint density at radius 2 is 1.94 bits per heavy atom. The van der Waals surface area contributed by atoms with Crippen LogP contribution in [0.25, 0.3) is 0 Å². The van der Waals surface area contributed by atoms with Crippen molar-refractivity contribution >= 4 is 0 Å². The molecule has 1 rings (SSSR count). The van der Waals surface area contributed by atoms with Gasteiger partial charge < -0.3 is 10.1 Å². The van der Waals surface area contributed by atoms with Gasteiger partial charge in [-0.2, -0.15) is 0 Å². The molecule has 0 spiro atoms. The van der Waals surface area contributed by atoms with Crippen molar-refractivity contribution in [2.75, 3.05) is 7.11 Å². The molecule has 96 valence electrons. The summed E-state index contributed by atoms with van der Waals surface area (Å²) in [5, 5.41) is 3.68. The first-order valence-corrected chi connectivity index (χ1v) is 6.48. The molecule has 0 fully saturated rings. The predicted octanol–water partition coefficient (Wildman–Crippen LogP) is 3.78. The van der Waals surface area contributed by atoms with E-state index in [4.69, 9.17) is 4.74 Å². The van der Waals surface area contributed by atoms with Crippen LogP contribution < -0.4 is 10.1 Å². The molecule has 2 heteroatoms. The van der Waals surface area contributed by atoms with Crippen molar-refractivity contribution in [1.29, 1.82) is 0 Å². The largest absolute Gasteiger partial charge is 0.497 e. The molecule has 1 N–H and O–H groups in total. The van der Waals surface area contributed by atoms with E-state index in [0.29, 0.717) is 18.0 Å². The summed E-state index contributed by atoms with van der Waals surface area (Å²) in [4.78, 5) is 0. The summed E-state index contributed by atoms with van der Waals surface area (Å²) < 4.78 is 5.26. The van der Waals surface area contributed by atoms with E-state index in [1.165, 1.54) is 5.56 Å². The Balaban J connectivity index is 2.71. The van der Waals surface area contributed by atoms with Crippen molar-refractivity contribution in [2.24, 2.45) is 5.92 Å². The third-order valence-corrected chi connectivity index (χ3v) is 3.30. The van der Waals surface area contributed by atoms with E-state index < -0.39 is 0 Å². The number of rotatable bonds is 6. The lowest BCUT2D eigenvalue weighted by Crippen LogP contribution is -2.35. The van der Waals surface area contributed by atoms with E-state index >= 15 is 0 Å². The van der Waals surface area contributed by atoms with Crippen LogP contribution in [0, 0.1) is 5.92 Å². The normalized spacial score (nSPS) is 14.7. The number of methoxy groups -OCH3 is 1. The second-order valence-electron chi connectivity index (χ2n) is 4.92. The van der Waals surface area contributed by atoms with E-state index in [-0.39, 0.29) is 0 Å². The number of ether oxygens (including phenoxy) is 1.